The Morgan fingerprint density at radius 1 is 1.44 bits per heavy atom. The fourth-order valence-electron chi connectivity index (χ4n) is 0.640. The van der Waals surface area contributed by atoms with Gasteiger partial charge in [-0.1, -0.05) is 6.92 Å². The lowest BCUT2D eigenvalue weighted by molar-refractivity contribution is 0.923. The molecular weight excluding hydrogens is 112 g/mol. The first kappa shape index (κ1) is 6.20. The van der Waals surface area contributed by atoms with Crippen LogP contribution in [-0.4, -0.2) is 9.97 Å². The molecule has 1 rings (SSSR count). The highest BCUT2D eigenvalue weighted by molar-refractivity contribution is 4.94. The van der Waals surface area contributed by atoms with E-state index in [0.29, 0.717) is 0 Å². The van der Waals surface area contributed by atoms with Crippen molar-refractivity contribution >= 4 is 0 Å². The van der Waals surface area contributed by atoms with Crippen molar-refractivity contribution in [1.82, 2.24) is 9.97 Å². The Morgan fingerprint density at radius 2 is 2.33 bits per heavy atom. The Bertz CT molecular complexity index is 160. The maximum Gasteiger partial charge on any atom is 0.0586 e. The van der Waals surface area contributed by atoms with Crippen LogP contribution in [0.25, 0.3) is 0 Å². The Morgan fingerprint density at radius 3 is 2.89 bits per heavy atom. The Balaban J connectivity index is 2.61. The fourth-order valence-corrected chi connectivity index (χ4v) is 0.640. The van der Waals surface area contributed by atoms with E-state index in [1.165, 1.54) is 0 Å². The summed E-state index contributed by atoms with van der Waals surface area (Å²) in [6.45, 7) is 3.71. The molecule has 0 aliphatic rings. The smallest absolute Gasteiger partial charge is 0.0586 e. The molecule has 0 spiro atoms. The van der Waals surface area contributed by atoms with Crippen molar-refractivity contribution in [3.63, 3.8) is 0 Å². The van der Waals surface area contributed by atoms with Crippen LogP contribution < -0.4 is 0 Å². The predicted octanol–water partition coefficient (Wildman–Crippen LogP) is 1.24. The van der Waals surface area contributed by atoms with Crippen molar-refractivity contribution in [2.75, 3.05) is 0 Å². The molecule has 1 radical (unpaired) electrons. The van der Waals surface area contributed by atoms with Gasteiger partial charge in [0.05, 0.1) is 5.69 Å². The van der Waals surface area contributed by atoms with Gasteiger partial charge in [-0.25, -0.2) is 0 Å². The summed E-state index contributed by atoms with van der Waals surface area (Å²) in [5.74, 6) is 0. The molecule has 0 saturated heterocycles. The summed E-state index contributed by atoms with van der Waals surface area (Å²) in [6.07, 6.45) is 6.95. The van der Waals surface area contributed by atoms with Crippen LogP contribution in [0.2, 0.25) is 0 Å². The Labute approximate surface area is 55.0 Å². The van der Waals surface area contributed by atoms with Gasteiger partial charge < -0.3 is 0 Å². The van der Waals surface area contributed by atoms with Crippen LogP contribution in [0.5, 0.6) is 0 Å². The quantitative estimate of drug-likeness (QED) is 0.588. The molecule has 0 aromatic carbocycles. The molecule has 1 aromatic rings. The van der Waals surface area contributed by atoms with Crippen LogP contribution in [-0.2, 0) is 6.42 Å². The lowest BCUT2D eigenvalue weighted by Gasteiger charge is -1.91. The third-order valence-corrected chi connectivity index (χ3v) is 1.05. The van der Waals surface area contributed by atoms with Crippen molar-refractivity contribution in [2.45, 2.75) is 12.8 Å². The minimum absolute atomic E-state index is 0.888. The van der Waals surface area contributed by atoms with Crippen molar-refractivity contribution in [2.24, 2.45) is 0 Å². The molecule has 0 fully saturated rings. The summed E-state index contributed by atoms with van der Waals surface area (Å²) >= 11 is 0. The van der Waals surface area contributed by atoms with Crippen LogP contribution in [0, 0.1) is 6.92 Å². The second kappa shape index (κ2) is 3.17. The van der Waals surface area contributed by atoms with Crippen LogP contribution >= 0.6 is 0 Å². The summed E-state index contributed by atoms with van der Waals surface area (Å²) in [4.78, 5) is 7.98. The first-order valence-corrected chi connectivity index (χ1v) is 2.97. The summed E-state index contributed by atoms with van der Waals surface area (Å²) < 4.78 is 0. The van der Waals surface area contributed by atoms with E-state index in [0.717, 1.165) is 18.5 Å². The summed E-state index contributed by atoms with van der Waals surface area (Å²) in [7, 11) is 0. The lowest BCUT2D eigenvalue weighted by atomic mass is 10.3. The Kier molecular flexibility index (Phi) is 2.19. The highest BCUT2D eigenvalue weighted by Crippen LogP contribution is 1.93. The second-order valence-corrected chi connectivity index (χ2v) is 1.80. The van der Waals surface area contributed by atoms with Crippen molar-refractivity contribution in [3.05, 3.63) is 31.2 Å². The van der Waals surface area contributed by atoms with Crippen LogP contribution in [0.3, 0.4) is 0 Å². The number of hydrogen-bond acceptors (Lipinski definition) is 2. The van der Waals surface area contributed by atoms with Gasteiger partial charge >= 0.3 is 0 Å². The molecule has 0 bridgehead atoms. The lowest BCUT2D eigenvalue weighted by Crippen LogP contribution is -1.87. The van der Waals surface area contributed by atoms with E-state index in [9.17, 15) is 0 Å². The highest BCUT2D eigenvalue weighted by atomic mass is 14.8. The topological polar surface area (TPSA) is 25.8 Å². The minimum atomic E-state index is 0.888. The fraction of sp³-hybridized carbons (Fsp3) is 0.286. The van der Waals surface area contributed by atoms with E-state index in [2.05, 4.69) is 16.9 Å². The zero-order chi connectivity index (χ0) is 6.53. The third kappa shape index (κ3) is 1.80. The largest absolute Gasteiger partial charge is 0.261 e. The number of nitrogens with zero attached hydrogens (tertiary/aromatic N) is 2. The molecular formula is C7H9N2. The molecule has 2 heteroatoms. The van der Waals surface area contributed by atoms with Gasteiger partial charge in [0.2, 0.25) is 0 Å². The molecule has 1 heterocycles. The molecule has 47 valence electrons. The van der Waals surface area contributed by atoms with Gasteiger partial charge in [0.1, 0.15) is 0 Å². The number of aryl methyl sites for hydroxylation is 1. The van der Waals surface area contributed by atoms with E-state index in [1.807, 2.05) is 0 Å². The zero-order valence-corrected chi connectivity index (χ0v) is 5.25. The first-order valence-electron chi connectivity index (χ1n) is 2.97. The SMILES string of the molecule is [CH2]CCc1cnccn1. The summed E-state index contributed by atoms with van der Waals surface area (Å²) in [5, 5.41) is 0. The van der Waals surface area contributed by atoms with Gasteiger partial charge in [0, 0.05) is 18.6 Å². The van der Waals surface area contributed by atoms with E-state index < -0.39 is 0 Å². The summed E-state index contributed by atoms with van der Waals surface area (Å²) in [6, 6.07) is 0. The normalized spacial score (nSPS) is 9.44. The molecule has 0 N–H and O–H groups in total. The van der Waals surface area contributed by atoms with Gasteiger partial charge in [-0.2, -0.15) is 0 Å². The van der Waals surface area contributed by atoms with Gasteiger partial charge in [-0.15, -0.1) is 0 Å². The van der Waals surface area contributed by atoms with Gasteiger partial charge in [-0.3, -0.25) is 9.97 Å². The molecule has 1 aromatic heterocycles. The number of aromatic nitrogens is 2. The molecule has 2 nitrogen and oxygen atoms in total. The molecule has 0 saturated carbocycles. The van der Waals surface area contributed by atoms with Crippen molar-refractivity contribution < 1.29 is 0 Å². The van der Waals surface area contributed by atoms with E-state index in [1.54, 1.807) is 18.6 Å². The van der Waals surface area contributed by atoms with E-state index in [4.69, 9.17) is 0 Å². The van der Waals surface area contributed by atoms with Gasteiger partial charge in [0.25, 0.3) is 0 Å². The maximum atomic E-state index is 4.07. The molecule has 0 amide bonds. The molecule has 0 aliphatic carbocycles. The number of hydrogen-bond donors (Lipinski definition) is 0. The standard InChI is InChI=1S/C7H9N2/c1-2-3-7-6-8-4-5-9-7/h4-6H,1-3H2. The van der Waals surface area contributed by atoms with E-state index in [-0.39, 0.29) is 0 Å². The maximum absolute atomic E-state index is 4.07. The second-order valence-electron chi connectivity index (χ2n) is 1.80. The highest BCUT2D eigenvalue weighted by Gasteiger charge is 1.87. The Hall–Kier alpha value is -0.920. The summed E-state index contributed by atoms with van der Waals surface area (Å²) in [5.41, 5.74) is 1.02. The van der Waals surface area contributed by atoms with Crippen LogP contribution in [0.4, 0.5) is 0 Å². The first-order chi connectivity index (χ1) is 4.43. The van der Waals surface area contributed by atoms with E-state index >= 15 is 0 Å². The average Bonchev–Trinajstić information content (AvgIpc) is 1.91. The van der Waals surface area contributed by atoms with Gasteiger partial charge in [0.15, 0.2) is 0 Å². The molecule has 0 unspecified atom stereocenters. The van der Waals surface area contributed by atoms with Crippen LogP contribution in [0.15, 0.2) is 18.6 Å². The predicted molar refractivity (Wildman–Crippen MR) is 35.7 cm³/mol. The van der Waals surface area contributed by atoms with Crippen molar-refractivity contribution in [1.29, 1.82) is 0 Å². The molecule has 9 heavy (non-hydrogen) atoms. The third-order valence-electron chi connectivity index (χ3n) is 1.05. The average molecular weight is 121 g/mol. The van der Waals surface area contributed by atoms with Crippen LogP contribution in [0.1, 0.15) is 12.1 Å². The monoisotopic (exact) mass is 121 g/mol. The van der Waals surface area contributed by atoms with Crippen molar-refractivity contribution in [3.8, 4) is 0 Å². The number of rotatable bonds is 2. The van der Waals surface area contributed by atoms with Gasteiger partial charge in [-0.05, 0) is 12.8 Å². The zero-order valence-electron chi connectivity index (χ0n) is 5.25. The minimum Gasteiger partial charge on any atom is -0.261 e. The molecule has 0 aliphatic heterocycles. The molecule has 0 atom stereocenters.